The Morgan fingerprint density at radius 1 is 1.47 bits per heavy atom. The van der Waals surface area contributed by atoms with E-state index in [1.807, 2.05) is 12.3 Å². The standard InChI is InChI=1S/C12H13NO.ClH/c14-11-6-9-3-4-12(11,7-9)10-2-1-5-13-8-10;/h1-2,5,8-9H,3-4,6-7H2;1H. The maximum Gasteiger partial charge on any atom is 0.143 e. The highest BCUT2D eigenvalue weighted by atomic mass is 35.5. The topological polar surface area (TPSA) is 30.0 Å². The Bertz CT molecular complexity index is 378. The van der Waals surface area contributed by atoms with Crippen molar-refractivity contribution < 1.29 is 4.79 Å². The van der Waals surface area contributed by atoms with Crippen LogP contribution in [0.1, 0.15) is 31.2 Å². The summed E-state index contributed by atoms with van der Waals surface area (Å²) in [6.45, 7) is 0. The quantitative estimate of drug-likeness (QED) is 0.732. The van der Waals surface area contributed by atoms with Crippen LogP contribution in [0.15, 0.2) is 24.5 Å². The van der Waals surface area contributed by atoms with E-state index >= 15 is 0 Å². The van der Waals surface area contributed by atoms with Crippen LogP contribution in [0.25, 0.3) is 0 Å². The highest BCUT2D eigenvalue weighted by molar-refractivity contribution is 5.93. The van der Waals surface area contributed by atoms with Gasteiger partial charge in [-0.3, -0.25) is 9.78 Å². The number of pyridine rings is 1. The first-order valence-electron chi connectivity index (χ1n) is 5.25. The summed E-state index contributed by atoms with van der Waals surface area (Å²) in [5.74, 6) is 1.10. The second-order valence-corrected chi connectivity index (χ2v) is 4.56. The van der Waals surface area contributed by atoms with E-state index < -0.39 is 0 Å². The third kappa shape index (κ3) is 1.39. The molecular weight excluding hydrogens is 210 g/mol. The monoisotopic (exact) mass is 223 g/mol. The zero-order valence-electron chi connectivity index (χ0n) is 8.48. The van der Waals surface area contributed by atoms with Crippen molar-refractivity contribution in [3.05, 3.63) is 30.1 Å². The van der Waals surface area contributed by atoms with Crippen LogP contribution >= 0.6 is 12.4 Å². The maximum atomic E-state index is 11.9. The molecule has 2 fully saturated rings. The molecule has 0 radical (unpaired) electrons. The van der Waals surface area contributed by atoms with Crippen LogP contribution in [0.4, 0.5) is 0 Å². The Morgan fingerprint density at radius 2 is 2.33 bits per heavy atom. The van der Waals surface area contributed by atoms with Gasteiger partial charge >= 0.3 is 0 Å². The van der Waals surface area contributed by atoms with Gasteiger partial charge in [-0.2, -0.15) is 0 Å². The lowest BCUT2D eigenvalue weighted by Gasteiger charge is -2.24. The zero-order valence-corrected chi connectivity index (χ0v) is 9.30. The van der Waals surface area contributed by atoms with Crippen molar-refractivity contribution >= 4 is 18.2 Å². The highest BCUT2D eigenvalue weighted by Crippen LogP contribution is 2.52. The first-order chi connectivity index (χ1) is 6.81. The molecule has 2 saturated carbocycles. The molecule has 0 amide bonds. The number of fused-ring (bicyclic) bond motifs is 2. The molecule has 15 heavy (non-hydrogen) atoms. The van der Waals surface area contributed by atoms with Crippen molar-refractivity contribution in [3.63, 3.8) is 0 Å². The van der Waals surface area contributed by atoms with Crippen molar-refractivity contribution in [1.82, 2.24) is 4.98 Å². The van der Waals surface area contributed by atoms with Gasteiger partial charge in [0.25, 0.3) is 0 Å². The Morgan fingerprint density at radius 3 is 2.87 bits per heavy atom. The highest BCUT2D eigenvalue weighted by Gasteiger charge is 2.52. The van der Waals surface area contributed by atoms with Gasteiger partial charge in [0.05, 0.1) is 5.41 Å². The first-order valence-corrected chi connectivity index (χ1v) is 5.25. The summed E-state index contributed by atoms with van der Waals surface area (Å²) in [5, 5.41) is 0. The van der Waals surface area contributed by atoms with Crippen LogP contribution in [0.2, 0.25) is 0 Å². The van der Waals surface area contributed by atoms with E-state index in [0.29, 0.717) is 11.7 Å². The molecule has 0 aromatic carbocycles. The predicted octanol–water partition coefficient (Wildman–Crippen LogP) is 2.51. The zero-order chi connectivity index (χ0) is 9.60. The number of nitrogens with zero attached hydrogens (tertiary/aromatic N) is 1. The van der Waals surface area contributed by atoms with E-state index in [0.717, 1.165) is 24.8 Å². The Kier molecular flexibility index (Phi) is 2.55. The molecule has 3 heteroatoms. The number of aromatic nitrogens is 1. The van der Waals surface area contributed by atoms with Gasteiger partial charge in [0, 0.05) is 18.8 Å². The molecule has 0 spiro atoms. The SMILES string of the molecule is Cl.O=C1CC2CCC1(c1cccnc1)C2. The third-order valence-electron chi connectivity index (χ3n) is 3.84. The summed E-state index contributed by atoms with van der Waals surface area (Å²) in [6, 6.07) is 3.99. The van der Waals surface area contributed by atoms with Crippen LogP contribution in [0, 0.1) is 5.92 Å². The third-order valence-corrected chi connectivity index (χ3v) is 3.84. The number of carbonyl (C=O) groups is 1. The minimum atomic E-state index is -0.140. The summed E-state index contributed by atoms with van der Waals surface area (Å²) in [5.41, 5.74) is 1.00. The fourth-order valence-electron chi connectivity index (χ4n) is 3.10. The van der Waals surface area contributed by atoms with Crippen LogP contribution in [0.5, 0.6) is 0 Å². The van der Waals surface area contributed by atoms with Crippen molar-refractivity contribution in [1.29, 1.82) is 0 Å². The van der Waals surface area contributed by atoms with Gasteiger partial charge in [-0.25, -0.2) is 0 Å². The number of hydrogen-bond donors (Lipinski definition) is 0. The molecule has 3 rings (SSSR count). The van der Waals surface area contributed by atoms with E-state index in [4.69, 9.17) is 0 Å². The van der Waals surface area contributed by atoms with Crippen molar-refractivity contribution in [3.8, 4) is 0 Å². The fourth-order valence-corrected chi connectivity index (χ4v) is 3.10. The average Bonchev–Trinajstić information content (AvgIpc) is 2.77. The lowest BCUT2D eigenvalue weighted by Crippen LogP contribution is -2.30. The Hall–Kier alpha value is -0.890. The molecule has 0 aliphatic heterocycles. The minimum absolute atomic E-state index is 0. The Balaban J connectivity index is 0.000000853. The molecular formula is C12H14ClNO. The minimum Gasteiger partial charge on any atom is -0.299 e. The number of rotatable bonds is 1. The maximum absolute atomic E-state index is 11.9. The predicted molar refractivity (Wildman–Crippen MR) is 60.1 cm³/mol. The van der Waals surface area contributed by atoms with E-state index in [2.05, 4.69) is 11.1 Å². The second kappa shape index (κ2) is 3.60. The molecule has 2 unspecified atom stereocenters. The summed E-state index contributed by atoms with van der Waals surface area (Å²) in [4.78, 5) is 16.1. The molecule has 1 aromatic rings. The molecule has 2 atom stereocenters. The first kappa shape index (κ1) is 10.6. The van der Waals surface area contributed by atoms with E-state index in [1.54, 1.807) is 6.20 Å². The fraction of sp³-hybridized carbons (Fsp3) is 0.500. The van der Waals surface area contributed by atoms with Gasteiger partial charge in [0.2, 0.25) is 0 Å². The molecule has 2 bridgehead atoms. The van der Waals surface area contributed by atoms with Gasteiger partial charge in [-0.15, -0.1) is 12.4 Å². The normalized spacial score (nSPS) is 32.8. The van der Waals surface area contributed by atoms with Crippen LogP contribution in [-0.2, 0) is 10.2 Å². The summed E-state index contributed by atoms with van der Waals surface area (Å²) < 4.78 is 0. The summed E-state index contributed by atoms with van der Waals surface area (Å²) in [6.07, 6.45) is 7.77. The largest absolute Gasteiger partial charge is 0.299 e. The van der Waals surface area contributed by atoms with E-state index in [9.17, 15) is 4.79 Å². The van der Waals surface area contributed by atoms with E-state index in [1.165, 1.54) is 6.42 Å². The summed E-state index contributed by atoms with van der Waals surface area (Å²) >= 11 is 0. The van der Waals surface area contributed by atoms with Crippen molar-refractivity contribution in [2.75, 3.05) is 0 Å². The summed E-state index contributed by atoms with van der Waals surface area (Å²) in [7, 11) is 0. The smallest absolute Gasteiger partial charge is 0.143 e. The number of carbonyl (C=O) groups excluding carboxylic acids is 1. The molecule has 1 aromatic heterocycles. The number of hydrogen-bond acceptors (Lipinski definition) is 2. The van der Waals surface area contributed by atoms with Gasteiger partial charge in [0.1, 0.15) is 5.78 Å². The van der Waals surface area contributed by atoms with Crippen LogP contribution in [-0.4, -0.2) is 10.8 Å². The van der Waals surface area contributed by atoms with Gasteiger partial charge in [0.15, 0.2) is 0 Å². The van der Waals surface area contributed by atoms with Gasteiger partial charge in [-0.1, -0.05) is 6.07 Å². The van der Waals surface area contributed by atoms with Crippen LogP contribution < -0.4 is 0 Å². The number of ketones is 1. The Labute approximate surface area is 95.5 Å². The van der Waals surface area contributed by atoms with Crippen molar-refractivity contribution in [2.45, 2.75) is 31.1 Å². The number of Topliss-reactive ketones (excluding diaryl/α,β-unsaturated/α-hetero) is 1. The molecule has 0 saturated heterocycles. The van der Waals surface area contributed by atoms with Crippen molar-refractivity contribution in [2.24, 2.45) is 5.92 Å². The second-order valence-electron chi connectivity index (χ2n) is 4.56. The van der Waals surface area contributed by atoms with Crippen LogP contribution in [0.3, 0.4) is 0 Å². The molecule has 80 valence electrons. The molecule has 2 aliphatic rings. The van der Waals surface area contributed by atoms with Gasteiger partial charge in [-0.05, 0) is 36.8 Å². The lowest BCUT2D eigenvalue weighted by atomic mass is 9.77. The van der Waals surface area contributed by atoms with Gasteiger partial charge < -0.3 is 0 Å². The molecule has 0 N–H and O–H groups in total. The molecule has 2 aliphatic carbocycles. The average molecular weight is 224 g/mol. The number of halogens is 1. The molecule has 1 heterocycles. The lowest BCUT2D eigenvalue weighted by molar-refractivity contribution is -0.123. The van der Waals surface area contributed by atoms with E-state index in [-0.39, 0.29) is 17.8 Å². The molecule has 2 nitrogen and oxygen atoms in total.